The summed E-state index contributed by atoms with van der Waals surface area (Å²) in [6.45, 7) is 5.62. The zero-order valence-electron chi connectivity index (χ0n) is 7.15. The first kappa shape index (κ1) is 10.3. The molecule has 0 aliphatic rings. The van der Waals surface area contributed by atoms with Crippen molar-refractivity contribution >= 4 is 11.9 Å². The molecule has 0 spiro atoms. The summed E-state index contributed by atoms with van der Waals surface area (Å²) in [5.74, 6) is 1.24. The summed E-state index contributed by atoms with van der Waals surface area (Å²) in [5, 5.41) is 0. The average Bonchev–Trinajstić information content (AvgIpc) is 1.97. The molecule has 0 amide bonds. The minimum Gasteiger partial charge on any atom is -0.264 e. The topological polar surface area (TPSA) is 12.0 Å². The lowest BCUT2D eigenvalue weighted by molar-refractivity contribution is 0.708. The maximum Gasteiger partial charge on any atom is 0.00760 e. The third-order valence-electron chi connectivity index (χ3n) is 1.29. The van der Waals surface area contributed by atoms with Crippen molar-refractivity contribution in [2.24, 2.45) is 0 Å². The van der Waals surface area contributed by atoms with E-state index >= 15 is 0 Å². The van der Waals surface area contributed by atoms with Crippen LogP contribution in [0.25, 0.3) is 0 Å². The highest BCUT2D eigenvalue weighted by molar-refractivity contribution is 7.97. The third kappa shape index (κ3) is 8.31. The molecule has 0 aromatic rings. The molecular weight excluding hydrogens is 142 g/mol. The van der Waals surface area contributed by atoms with Gasteiger partial charge in [0.25, 0.3) is 0 Å². The van der Waals surface area contributed by atoms with Gasteiger partial charge in [0.2, 0.25) is 0 Å². The van der Waals surface area contributed by atoms with E-state index in [1.54, 1.807) is 0 Å². The predicted octanol–water partition coefficient (Wildman–Crippen LogP) is 2.82. The van der Waals surface area contributed by atoms with Crippen molar-refractivity contribution in [1.82, 2.24) is 4.72 Å². The molecule has 0 aliphatic carbocycles. The fourth-order valence-electron chi connectivity index (χ4n) is 0.694. The Hall–Kier alpha value is 0.310. The Morgan fingerprint density at radius 2 is 1.90 bits per heavy atom. The molecule has 1 N–H and O–H groups in total. The molecule has 1 nitrogen and oxygen atoms in total. The normalized spacial score (nSPS) is 10.2. The number of nitrogens with one attached hydrogen (secondary N) is 1. The maximum atomic E-state index is 3.34. The molecule has 0 bridgehead atoms. The highest BCUT2D eigenvalue weighted by atomic mass is 32.2. The summed E-state index contributed by atoms with van der Waals surface area (Å²) in [6.07, 6.45) is 5.28. The van der Waals surface area contributed by atoms with Crippen LogP contribution in [0.1, 0.15) is 39.5 Å². The van der Waals surface area contributed by atoms with Crippen molar-refractivity contribution in [2.75, 3.05) is 12.3 Å². The van der Waals surface area contributed by atoms with Gasteiger partial charge in [-0.25, -0.2) is 0 Å². The number of rotatable bonds is 7. The lowest BCUT2D eigenvalue weighted by Crippen LogP contribution is -2.05. The van der Waals surface area contributed by atoms with Gasteiger partial charge >= 0.3 is 0 Å². The first-order chi connectivity index (χ1) is 4.91. The zero-order valence-corrected chi connectivity index (χ0v) is 7.97. The second kappa shape index (κ2) is 9.31. The maximum absolute atomic E-state index is 3.34. The van der Waals surface area contributed by atoms with E-state index in [2.05, 4.69) is 18.6 Å². The van der Waals surface area contributed by atoms with Crippen LogP contribution in [0.2, 0.25) is 0 Å². The molecule has 2 heteroatoms. The van der Waals surface area contributed by atoms with Crippen LogP contribution in [-0.2, 0) is 0 Å². The molecule has 0 radical (unpaired) electrons. The van der Waals surface area contributed by atoms with Gasteiger partial charge in [-0.15, -0.1) is 0 Å². The minimum atomic E-state index is 1.18. The summed E-state index contributed by atoms with van der Waals surface area (Å²) < 4.78 is 3.34. The van der Waals surface area contributed by atoms with Gasteiger partial charge in [-0.3, -0.25) is 4.72 Å². The van der Waals surface area contributed by atoms with Crippen molar-refractivity contribution in [3.05, 3.63) is 0 Å². The molecule has 10 heavy (non-hydrogen) atoms. The Morgan fingerprint density at radius 1 is 1.10 bits per heavy atom. The molecule has 0 saturated carbocycles. The molecule has 0 aliphatic heterocycles. The van der Waals surface area contributed by atoms with E-state index in [4.69, 9.17) is 0 Å². The molecule has 0 rings (SSSR count). The molecule has 0 aromatic carbocycles. The Bertz CT molecular complexity index is 49.2. The van der Waals surface area contributed by atoms with Crippen LogP contribution >= 0.6 is 11.9 Å². The second-order valence-electron chi connectivity index (χ2n) is 2.45. The fourth-order valence-corrected chi connectivity index (χ4v) is 1.33. The lowest BCUT2D eigenvalue weighted by atomic mass is 10.3. The van der Waals surface area contributed by atoms with Gasteiger partial charge in [0.1, 0.15) is 0 Å². The molecule has 62 valence electrons. The summed E-state index contributed by atoms with van der Waals surface area (Å²) in [6, 6.07) is 0. The van der Waals surface area contributed by atoms with Crippen LogP contribution in [0.15, 0.2) is 0 Å². The van der Waals surface area contributed by atoms with Crippen molar-refractivity contribution in [3.8, 4) is 0 Å². The SMILES string of the molecule is CCCCCNSCCC. The number of hydrogen-bond acceptors (Lipinski definition) is 2. The van der Waals surface area contributed by atoms with Gasteiger partial charge in [-0.1, -0.05) is 38.6 Å². The number of hydrogen-bond donors (Lipinski definition) is 1. The van der Waals surface area contributed by atoms with Gasteiger partial charge in [0.05, 0.1) is 0 Å². The highest BCUT2D eigenvalue weighted by Gasteiger charge is 1.85. The molecule has 0 heterocycles. The van der Waals surface area contributed by atoms with Crippen LogP contribution in [0.5, 0.6) is 0 Å². The molecule has 0 atom stereocenters. The first-order valence-electron chi connectivity index (χ1n) is 4.26. The van der Waals surface area contributed by atoms with Gasteiger partial charge in [0.15, 0.2) is 0 Å². The Kier molecular flexibility index (Phi) is 9.60. The summed E-state index contributed by atoms with van der Waals surface area (Å²) in [5.41, 5.74) is 0. The Morgan fingerprint density at radius 3 is 2.50 bits per heavy atom. The zero-order chi connectivity index (χ0) is 7.66. The summed E-state index contributed by atoms with van der Waals surface area (Å²) in [7, 11) is 0. The van der Waals surface area contributed by atoms with Gasteiger partial charge < -0.3 is 0 Å². The van der Waals surface area contributed by atoms with E-state index in [1.807, 2.05) is 11.9 Å². The first-order valence-corrected chi connectivity index (χ1v) is 5.25. The van der Waals surface area contributed by atoms with E-state index in [1.165, 1.54) is 38.0 Å². The quantitative estimate of drug-likeness (QED) is 0.455. The molecule has 0 saturated heterocycles. The van der Waals surface area contributed by atoms with Crippen molar-refractivity contribution in [3.63, 3.8) is 0 Å². The van der Waals surface area contributed by atoms with Gasteiger partial charge in [-0.2, -0.15) is 0 Å². The third-order valence-corrected chi connectivity index (χ3v) is 2.31. The molecule has 0 unspecified atom stereocenters. The summed E-state index contributed by atoms with van der Waals surface area (Å²) >= 11 is 1.85. The van der Waals surface area contributed by atoms with Gasteiger partial charge in [-0.05, 0) is 12.8 Å². The lowest BCUT2D eigenvalue weighted by Gasteiger charge is -2.00. The second-order valence-corrected chi connectivity index (χ2v) is 3.44. The minimum absolute atomic E-state index is 1.18. The largest absolute Gasteiger partial charge is 0.264 e. The molecule has 0 fully saturated rings. The van der Waals surface area contributed by atoms with E-state index in [0.717, 1.165) is 0 Å². The number of unbranched alkanes of at least 4 members (excludes halogenated alkanes) is 2. The fraction of sp³-hybridized carbons (Fsp3) is 1.00. The van der Waals surface area contributed by atoms with Crippen LogP contribution in [0, 0.1) is 0 Å². The smallest absolute Gasteiger partial charge is 0.00760 e. The van der Waals surface area contributed by atoms with Crippen molar-refractivity contribution in [1.29, 1.82) is 0 Å². The van der Waals surface area contributed by atoms with Gasteiger partial charge in [0, 0.05) is 12.3 Å². The Balaban J connectivity index is 2.65. The standard InChI is InChI=1S/C8H19NS/c1-3-5-6-7-9-10-8-4-2/h9H,3-8H2,1-2H3. The van der Waals surface area contributed by atoms with Crippen LogP contribution in [0.4, 0.5) is 0 Å². The predicted molar refractivity (Wildman–Crippen MR) is 50.3 cm³/mol. The van der Waals surface area contributed by atoms with Crippen LogP contribution < -0.4 is 4.72 Å². The van der Waals surface area contributed by atoms with Crippen LogP contribution in [-0.4, -0.2) is 12.3 Å². The molecular formula is C8H19NS. The van der Waals surface area contributed by atoms with E-state index in [0.29, 0.717) is 0 Å². The van der Waals surface area contributed by atoms with Crippen molar-refractivity contribution < 1.29 is 0 Å². The van der Waals surface area contributed by atoms with Crippen LogP contribution in [0.3, 0.4) is 0 Å². The monoisotopic (exact) mass is 161 g/mol. The average molecular weight is 161 g/mol. The molecule has 0 aromatic heterocycles. The highest BCUT2D eigenvalue weighted by Crippen LogP contribution is 1.97. The Labute approximate surface area is 69.1 Å². The van der Waals surface area contributed by atoms with E-state index in [9.17, 15) is 0 Å². The van der Waals surface area contributed by atoms with Crippen molar-refractivity contribution in [2.45, 2.75) is 39.5 Å². The van der Waals surface area contributed by atoms with E-state index < -0.39 is 0 Å². The van der Waals surface area contributed by atoms with E-state index in [-0.39, 0.29) is 0 Å². The summed E-state index contributed by atoms with van der Waals surface area (Å²) in [4.78, 5) is 0.